The lowest BCUT2D eigenvalue weighted by Gasteiger charge is -2.10. The van der Waals surface area contributed by atoms with Crippen LogP contribution < -0.4 is 20.1 Å². The van der Waals surface area contributed by atoms with E-state index in [1.54, 1.807) is 49.5 Å². The Morgan fingerprint density at radius 1 is 1.07 bits per heavy atom. The summed E-state index contributed by atoms with van der Waals surface area (Å²) in [6.45, 7) is 0.297. The number of carbonyl (C=O) groups excluding carboxylic acids is 1. The quantitative estimate of drug-likeness (QED) is 0.699. The molecule has 8 heteroatoms. The van der Waals surface area contributed by atoms with Gasteiger partial charge in [0.1, 0.15) is 11.5 Å². The van der Waals surface area contributed by atoms with Crippen molar-refractivity contribution in [2.75, 3.05) is 19.5 Å². The van der Waals surface area contributed by atoms with Crippen LogP contribution in [-0.4, -0.2) is 35.0 Å². The predicted molar refractivity (Wildman–Crippen MR) is 102 cm³/mol. The van der Waals surface area contributed by atoms with Gasteiger partial charge in [-0.2, -0.15) is 5.10 Å². The molecule has 0 bridgehead atoms. The molecule has 0 saturated carbocycles. The number of amides is 2. The number of hydrogen-bond acceptors (Lipinski definition) is 5. The van der Waals surface area contributed by atoms with E-state index in [1.807, 2.05) is 25.2 Å². The van der Waals surface area contributed by atoms with Gasteiger partial charge in [-0.15, -0.1) is 0 Å². The van der Waals surface area contributed by atoms with E-state index in [4.69, 9.17) is 9.47 Å². The standard InChI is InChI=1S/C19H21N5O3/c1-24-18(13-4-6-20-7-5-13)10-15(23-24)12-21-19(25)22-14-8-16(26-2)11-17(9-14)27-3/h4-11H,12H2,1-3H3,(H2,21,22,25). The van der Waals surface area contributed by atoms with Crippen LogP contribution in [0.2, 0.25) is 0 Å². The summed E-state index contributed by atoms with van der Waals surface area (Å²) in [7, 11) is 4.97. The van der Waals surface area contributed by atoms with Crippen molar-refractivity contribution in [1.29, 1.82) is 0 Å². The Bertz CT molecular complexity index is 902. The average Bonchev–Trinajstić information content (AvgIpc) is 3.07. The monoisotopic (exact) mass is 367 g/mol. The first kappa shape index (κ1) is 18.2. The molecule has 0 aliphatic carbocycles. The van der Waals surface area contributed by atoms with E-state index in [0.717, 1.165) is 17.0 Å². The first-order valence-electron chi connectivity index (χ1n) is 8.30. The van der Waals surface area contributed by atoms with Crippen LogP contribution in [0.25, 0.3) is 11.3 Å². The van der Waals surface area contributed by atoms with Crippen molar-refractivity contribution in [1.82, 2.24) is 20.1 Å². The van der Waals surface area contributed by atoms with Crippen LogP contribution in [0, 0.1) is 0 Å². The summed E-state index contributed by atoms with van der Waals surface area (Å²) in [6.07, 6.45) is 3.46. The molecule has 0 aliphatic rings. The number of ether oxygens (including phenoxy) is 2. The third kappa shape index (κ3) is 4.55. The van der Waals surface area contributed by atoms with Gasteiger partial charge in [0.25, 0.3) is 0 Å². The molecule has 0 saturated heterocycles. The number of methoxy groups -OCH3 is 2. The summed E-state index contributed by atoms with van der Waals surface area (Å²) in [4.78, 5) is 16.2. The van der Waals surface area contributed by atoms with E-state index >= 15 is 0 Å². The molecule has 0 fully saturated rings. The molecule has 0 radical (unpaired) electrons. The highest BCUT2D eigenvalue weighted by molar-refractivity contribution is 5.89. The van der Waals surface area contributed by atoms with E-state index in [0.29, 0.717) is 23.7 Å². The van der Waals surface area contributed by atoms with Crippen molar-refractivity contribution in [2.24, 2.45) is 7.05 Å². The third-order valence-electron chi connectivity index (χ3n) is 3.95. The van der Waals surface area contributed by atoms with Gasteiger partial charge in [0.15, 0.2) is 0 Å². The van der Waals surface area contributed by atoms with E-state index in [-0.39, 0.29) is 6.03 Å². The number of benzene rings is 1. The molecule has 0 unspecified atom stereocenters. The molecule has 3 aromatic rings. The van der Waals surface area contributed by atoms with Crippen LogP contribution in [0.3, 0.4) is 0 Å². The molecule has 0 spiro atoms. The Balaban J connectivity index is 1.63. The molecule has 3 rings (SSSR count). The lowest BCUT2D eigenvalue weighted by molar-refractivity contribution is 0.251. The highest BCUT2D eigenvalue weighted by Crippen LogP contribution is 2.25. The zero-order chi connectivity index (χ0) is 19.2. The zero-order valence-electron chi connectivity index (χ0n) is 15.4. The van der Waals surface area contributed by atoms with Crippen LogP contribution in [0.5, 0.6) is 11.5 Å². The molecular weight excluding hydrogens is 346 g/mol. The van der Waals surface area contributed by atoms with Gasteiger partial charge >= 0.3 is 6.03 Å². The fraction of sp³-hybridized carbons (Fsp3) is 0.211. The van der Waals surface area contributed by atoms with Crippen molar-refractivity contribution in [3.63, 3.8) is 0 Å². The second kappa shape index (κ2) is 8.22. The van der Waals surface area contributed by atoms with Crippen LogP contribution in [0.1, 0.15) is 5.69 Å². The van der Waals surface area contributed by atoms with Gasteiger partial charge in [-0.1, -0.05) is 0 Å². The largest absolute Gasteiger partial charge is 0.497 e. The minimum atomic E-state index is -0.346. The number of nitrogens with zero attached hydrogens (tertiary/aromatic N) is 3. The molecule has 8 nitrogen and oxygen atoms in total. The van der Waals surface area contributed by atoms with Crippen LogP contribution in [0.4, 0.5) is 10.5 Å². The minimum Gasteiger partial charge on any atom is -0.497 e. The van der Waals surface area contributed by atoms with Crippen molar-refractivity contribution in [2.45, 2.75) is 6.54 Å². The number of anilines is 1. The van der Waals surface area contributed by atoms with Crippen molar-refractivity contribution in [3.05, 3.63) is 54.5 Å². The zero-order valence-corrected chi connectivity index (χ0v) is 15.4. The Morgan fingerprint density at radius 3 is 2.37 bits per heavy atom. The third-order valence-corrected chi connectivity index (χ3v) is 3.95. The van der Waals surface area contributed by atoms with Gasteiger partial charge in [0.05, 0.1) is 32.2 Å². The molecule has 27 heavy (non-hydrogen) atoms. The lowest BCUT2D eigenvalue weighted by atomic mass is 10.2. The van der Waals surface area contributed by atoms with Gasteiger partial charge in [-0.3, -0.25) is 9.67 Å². The van der Waals surface area contributed by atoms with Crippen LogP contribution in [0.15, 0.2) is 48.8 Å². The van der Waals surface area contributed by atoms with E-state index in [1.165, 1.54) is 0 Å². The molecule has 0 atom stereocenters. The molecule has 2 aromatic heterocycles. The lowest BCUT2D eigenvalue weighted by Crippen LogP contribution is -2.28. The maximum Gasteiger partial charge on any atom is 0.319 e. The van der Waals surface area contributed by atoms with Crippen molar-refractivity contribution in [3.8, 4) is 22.8 Å². The number of nitrogens with one attached hydrogen (secondary N) is 2. The first-order valence-corrected chi connectivity index (χ1v) is 8.30. The van der Waals surface area contributed by atoms with Crippen molar-refractivity contribution >= 4 is 11.7 Å². The number of aromatic nitrogens is 3. The molecule has 140 valence electrons. The topological polar surface area (TPSA) is 90.3 Å². The van der Waals surface area contributed by atoms with Gasteiger partial charge in [0.2, 0.25) is 0 Å². The highest BCUT2D eigenvalue weighted by atomic mass is 16.5. The fourth-order valence-electron chi connectivity index (χ4n) is 2.63. The summed E-state index contributed by atoms with van der Waals surface area (Å²) in [5.41, 5.74) is 3.29. The number of carbonyl (C=O) groups is 1. The Hall–Kier alpha value is -3.55. The van der Waals surface area contributed by atoms with E-state index in [9.17, 15) is 4.79 Å². The SMILES string of the molecule is COc1cc(NC(=O)NCc2cc(-c3ccncc3)n(C)n2)cc(OC)c1. The maximum atomic E-state index is 12.2. The molecule has 1 aromatic carbocycles. The number of pyridine rings is 1. The number of hydrogen-bond donors (Lipinski definition) is 2. The predicted octanol–water partition coefficient (Wildman–Crippen LogP) is 2.82. The van der Waals surface area contributed by atoms with Gasteiger partial charge in [-0.05, 0) is 18.2 Å². The minimum absolute atomic E-state index is 0.297. The van der Waals surface area contributed by atoms with Crippen molar-refractivity contribution < 1.29 is 14.3 Å². The van der Waals surface area contributed by atoms with Gasteiger partial charge in [0, 0.05) is 48.9 Å². The molecule has 2 amide bonds. The van der Waals surface area contributed by atoms with Crippen LogP contribution in [-0.2, 0) is 13.6 Å². The van der Waals surface area contributed by atoms with Gasteiger partial charge in [-0.25, -0.2) is 4.79 Å². The van der Waals surface area contributed by atoms with Crippen LogP contribution >= 0.6 is 0 Å². The van der Waals surface area contributed by atoms with E-state index in [2.05, 4.69) is 20.7 Å². The summed E-state index contributed by atoms with van der Waals surface area (Å²) >= 11 is 0. The summed E-state index contributed by atoms with van der Waals surface area (Å²) in [6, 6.07) is 10.6. The Kier molecular flexibility index (Phi) is 5.55. The summed E-state index contributed by atoms with van der Waals surface area (Å²) < 4.78 is 12.2. The molecule has 0 aliphatic heterocycles. The highest BCUT2D eigenvalue weighted by Gasteiger charge is 2.10. The average molecular weight is 367 g/mol. The second-order valence-corrected chi connectivity index (χ2v) is 5.79. The number of aryl methyl sites for hydroxylation is 1. The Morgan fingerprint density at radius 2 is 1.74 bits per heavy atom. The number of rotatable bonds is 6. The fourth-order valence-corrected chi connectivity index (χ4v) is 2.63. The summed E-state index contributed by atoms with van der Waals surface area (Å²) in [5, 5.41) is 9.99. The molecule has 2 heterocycles. The second-order valence-electron chi connectivity index (χ2n) is 5.79. The summed E-state index contributed by atoms with van der Waals surface area (Å²) in [5.74, 6) is 1.19. The number of urea groups is 1. The van der Waals surface area contributed by atoms with Gasteiger partial charge < -0.3 is 20.1 Å². The maximum absolute atomic E-state index is 12.2. The molecular formula is C19H21N5O3. The normalized spacial score (nSPS) is 10.3. The van der Waals surface area contributed by atoms with E-state index < -0.39 is 0 Å². The first-order chi connectivity index (χ1) is 13.1. The Labute approximate surface area is 157 Å². The molecule has 2 N–H and O–H groups in total. The smallest absolute Gasteiger partial charge is 0.319 e.